The van der Waals surface area contributed by atoms with Crippen molar-refractivity contribution >= 4 is 40.0 Å². The Labute approximate surface area is 187 Å². The van der Waals surface area contributed by atoms with Gasteiger partial charge in [-0.1, -0.05) is 30.9 Å². The molecule has 1 saturated carbocycles. The summed E-state index contributed by atoms with van der Waals surface area (Å²) in [4.78, 5) is 30.1. The first-order chi connectivity index (χ1) is 14.9. The van der Waals surface area contributed by atoms with Crippen LogP contribution < -0.4 is 10.6 Å². The summed E-state index contributed by atoms with van der Waals surface area (Å²) in [5, 5.41) is 7.50. The number of rotatable bonds is 4. The van der Waals surface area contributed by atoms with Gasteiger partial charge in [-0.2, -0.15) is 0 Å². The van der Waals surface area contributed by atoms with Gasteiger partial charge in [-0.25, -0.2) is 0 Å². The average molecular weight is 436 g/mol. The lowest BCUT2D eigenvalue weighted by molar-refractivity contribution is 0.0927. The monoisotopic (exact) mass is 435 g/mol. The first-order valence-electron chi connectivity index (χ1n) is 10.7. The topological polar surface area (TPSA) is 71.1 Å². The Morgan fingerprint density at radius 1 is 0.968 bits per heavy atom. The molecule has 1 aromatic heterocycles. The first kappa shape index (κ1) is 21.3. The van der Waals surface area contributed by atoms with E-state index in [4.69, 9.17) is 11.6 Å². The minimum atomic E-state index is -0.241. The van der Waals surface area contributed by atoms with Crippen molar-refractivity contribution in [2.45, 2.75) is 52.0 Å². The van der Waals surface area contributed by atoms with Gasteiger partial charge in [0.2, 0.25) is 0 Å². The fourth-order valence-corrected chi connectivity index (χ4v) is 4.30. The molecule has 5 nitrogen and oxygen atoms in total. The molecule has 0 aliphatic heterocycles. The van der Waals surface area contributed by atoms with Crippen LogP contribution in [-0.4, -0.2) is 22.8 Å². The van der Waals surface area contributed by atoms with Crippen LogP contribution in [0.5, 0.6) is 0 Å². The predicted octanol–water partition coefficient (Wildman–Crippen LogP) is 5.82. The highest BCUT2D eigenvalue weighted by Gasteiger charge is 2.18. The van der Waals surface area contributed by atoms with Gasteiger partial charge in [0.05, 0.1) is 16.8 Å². The van der Waals surface area contributed by atoms with Gasteiger partial charge < -0.3 is 10.6 Å². The van der Waals surface area contributed by atoms with Gasteiger partial charge in [-0.3, -0.25) is 14.6 Å². The number of fused-ring (bicyclic) bond motifs is 1. The quantitative estimate of drug-likeness (QED) is 0.542. The van der Waals surface area contributed by atoms with Crippen molar-refractivity contribution < 1.29 is 9.59 Å². The number of pyridine rings is 1. The molecule has 0 saturated heterocycles. The molecule has 3 aromatic rings. The predicted molar refractivity (Wildman–Crippen MR) is 125 cm³/mol. The van der Waals surface area contributed by atoms with Crippen molar-refractivity contribution in [2.24, 2.45) is 0 Å². The summed E-state index contributed by atoms with van der Waals surface area (Å²) >= 11 is 6.08. The van der Waals surface area contributed by atoms with Crippen LogP contribution in [0.3, 0.4) is 0 Å². The molecule has 6 heteroatoms. The molecule has 1 heterocycles. The number of nitrogens with zero attached hydrogens (tertiary/aromatic N) is 1. The highest BCUT2D eigenvalue weighted by molar-refractivity contribution is 6.31. The molecule has 1 aliphatic rings. The third-order valence-electron chi connectivity index (χ3n) is 5.89. The van der Waals surface area contributed by atoms with Crippen molar-refractivity contribution in [1.82, 2.24) is 10.3 Å². The number of nitrogens with one attached hydrogen (secondary N) is 2. The number of anilines is 1. The SMILES string of the molecule is Cc1cc(C(=O)NC2CCCCC2)ccc1NC(=O)c1cc2cc(Cl)ccc2nc1C. The number of aromatic nitrogens is 1. The zero-order chi connectivity index (χ0) is 22.0. The van der Waals surface area contributed by atoms with Gasteiger partial charge in [0.15, 0.2) is 0 Å². The van der Waals surface area contributed by atoms with Crippen molar-refractivity contribution in [3.05, 3.63) is 69.9 Å². The van der Waals surface area contributed by atoms with Crippen LogP contribution in [0, 0.1) is 13.8 Å². The molecule has 0 unspecified atom stereocenters. The number of halogens is 1. The minimum absolute atomic E-state index is 0.0562. The van der Waals surface area contributed by atoms with Crippen molar-refractivity contribution in [2.75, 3.05) is 5.32 Å². The zero-order valence-electron chi connectivity index (χ0n) is 17.8. The Bertz CT molecular complexity index is 1150. The highest BCUT2D eigenvalue weighted by Crippen LogP contribution is 2.23. The third-order valence-corrected chi connectivity index (χ3v) is 6.12. The van der Waals surface area contributed by atoms with E-state index in [2.05, 4.69) is 15.6 Å². The molecule has 160 valence electrons. The Hall–Kier alpha value is -2.92. The summed E-state index contributed by atoms with van der Waals surface area (Å²) in [7, 11) is 0. The maximum Gasteiger partial charge on any atom is 0.257 e. The van der Waals surface area contributed by atoms with Crippen molar-refractivity contribution in [3.8, 4) is 0 Å². The Balaban J connectivity index is 1.50. The van der Waals surface area contributed by atoms with Gasteiger partial charge >= 0.3 is 0 Å². The number of amides is 2. The normalized spacial score (nSPS) is 14.4. The number of carbonyl (C=O) groups excluding carboxylic acids is 2. The summed E-state index contributed by atoms with van der Waals surface area (Å²) in [5.74, 6) is -0.297. The van der Waals surface area contributed by atoms with E-state index in [1.54, 1.807) is 30.3 Å². The molecular weight excluding hydrogens is 410 g/mol. The molecule has 0 atom stereocenters. The second kappa shape index (κ2) is 9.06. The smallest absolute Gasteiger partial charge is 0.257 e. The summed E-state index contributed by atoms with van der Waals surface area (Å²) < 4.78 is 0. The largest absolute Gasteiger partial charge is 0.349 e. The molecule has 1 fully saturated rings. The van der Waals surface area contributed by atoms with E-state index in [1.807, 2.05) is 26.0 Å². The molecule has 2 N–H and O–H groups in total. The zero-order valence-corrected chi connectivity index (χ0v) is 18.6. The van der Waals surface area contributed by atoms with Gasteiger partial charge in [0, 0.05) is 27.7 Å². The van der Waals surface area contributed by atoms with Gasteiger partial charge in [-0.15, -0.1) is 0 Å². The van der Waals surface area contributed by atoms with Crippen LogP contribution in [0.1, 0.15) is 64.1 Å². The van der Waals surface area contributed by atoms with Crippen LogP contribution >= 0.6 is 11.6 Å². The number of hydrogen-bond donors (Lipinski definition) is 2. The standard InChI is InChI=1S/C25H26ClN3O2/c1-15-12-17(24(30)28-20-6-4-3-5-7-20)8-10-22(15)29-25(31)21-14-18-13-19(26)9-11-23(18)27-16(21)2/h8-14,20H,3-7H2,1-2H3,(H,28,30)(H,29,31). The molecule has 31 heavy (non-hydrogen) atoms. The van der Waals surface area contributed by atoms with E-state index >= 15 is 0 Å². The summed E-state index contributed by atoms with van der Waals surface area (Å²) in [5.41, 5.74) is 4.05. The van der Waals surface area contributed by atoms with Gasteiger partial charge in [0.1, 0.15) is 0 Å². The Kier molecular flexibility index (Phi) is 6.23. The fourth-order valence-electron chi connectivity index (χ4n) is 4.12. The molecule has 4 rings (SSSR count). The first-order valence-corrected chi connectivity index (χ1v) is 11.1. The lowest BCUT2D eigenvalue weighted by Gasteiger charge is -2.23. The third kappa shape index (κ3) is 4.88. The van der Waals surface area contributed by atoms with Crippen LogP contribution in [0.4, 0.5) is 5.69 Å². The van der Waals surface area contributed by atoms with E-state index < -0.39 is 0 Å². The second-order valence-corrected chi connectivity index (χ2v) is 8.69. The van der Waals surface area contributed by atoms with Gasteiger partial charge in [-0.05, 0) is 74.7 Å². The molecule has 0 radical (unpaired) electrons. The number of hydrogen-bond acceptors (Lipinski definition) is 3. The Morgan fingerprint density at radius 2 is 1.74 bits per heavy atom. The Morgan fingerprint density at radius 3 is 2.48 bits per heavy atom. The second-order valence-electron chi connectivity index (χ2n) is 8.25. The van der Waals surface area contributed by atoms with E-state index in [0.29, 0.717) is 27.5 Å². The highest BCUT2D eigenvalue weighted by atomic mass is 35.5. The average Bonchev–Trinajstić information content (AvgIpc) is 2.75. The van der Waals surface area contributed by atoms with Crippen LogP contribution in [0.15, 0.2) is 42.5 Å². The van der Waals surface area contributed by atoms with Crippen LogP contribution in [-0.2, 0) is 0 Å². The molecular formula is C25H26ClN3O2. The summed E-state index contributed by atoms with van der Waals surface area (Å²) in [6, 6.07) is 12.8. The fraction of sp³-hybridized carbons (Fsp3) is 0.320. The number of carbonyl (C=O) groups is 2. The maximum absolute atomic E-state index is 12.9. The van der Waals surface area contributed by atoms with E-state index in [1.165, 1.54) is 19.3 Å². The maximum atomic E-state index is 12.9. The summed E-state index contributed by atoms with van der Waals surface area (Å²) in [6.45, 7) is 3.70. The lowest BCUT2D eigenvalue weighted by Crippen LogP contribution is -2.36. The number of aryl methyl sites for hydroxylation is 2. The van der Waals surface area contributed by atoms with E-state index in [9.17, 15) is 9.59 Å². The molecule has 1 aliphatic carbocycles. The molecule has 0 spiro atoms. The van der Waals surface area contributed by atoms with E-state index in [0.717, 1.165) is 29.3 Å². The molecule has 2 aromatic carbocycles. The van der Waals surface area contributed by atoms with Crippen LogP contribution in [0.2, 0.25) is 5.02 Å². The van der Waals surface area contributed by atoms with Gasteiger partial charge in [0.25, 0.3) is 11.8 Å². The minimum Gasteiger partial charge on any atom is -0.349 e. The van der Waals surface area contributed by atoms with Crippen molar-refractivity contribution in [1.29, 1.82) is 0 Å². The lowest BCUT2D eigenvalue weighted by atomic mass is 9.95. The molecule has 2 amide bonds. The van der Waals surface area contributed by atoms with Crippen molar-refractivity contribution in [3.63, 3.8) is 0 Å². The van der Waals surface area contributed by atoms with E-state index in [-0.39, 0.29) is 17.9 Å². The van der Waals surface area contributed by atoms with Crippen LogP contribution in [0.25, 0.3) is 10.9 Å². The number of benzene rings is 2. The molecule has 0 bridgehead atoms. The summed E-state index contributed by atoms with van der Waals surface area (Å²) in [6.07, 6.45) is 5.68.